The molecule has 0 saturated heterocycles. The van der Waals surface area contributed by atoms with E-state index in [0.29, 0.717) is 11.3 Å². The first-order valence-electron chi connectivity index (χ1n) is 5.60. The van der Waals surface area contributed by atoms with E-state index in [1.165, 1.54) is 0 Å². The van der Waals surface area contributed by atoms with Gasteiger partial charge < -0.3 is 4.74 Å². The third kappa shape index (κ3) is 8.83. The maximum Gasteiger partial charge on any atom is 0.410 e. The lowest BCUT2D eigenvalue weighted by Crippen LogP contribution is -2.42. The molecule has 1 amide bonds. The van der Waals surface area contributed by atoms with Crippen LogP contribution in [0.1, 0.15) is 40.5 Å². The minimum absolute atomic E-state index is 0.0604. The summed E-state index contributed by atoms with van der Waals surface area (Å²) in [5, 5.41) is 0. The van der Waals surface area contributed by atoms with Gasteiger partial charge in [0.2, 0.25) is 0 Å². The standard InChI is InChI=1S/C11H20F3NO2/c1-5-6-7-15(8-11(12,13)14)9(16)17-10(2,3)4/h5-8H2,1-4H3. The predicted molar refractivity (Wildman–Crippen MR) is 58.8 cm³/mol. The van der Waals surface area contributed by atoms with Crippen LogP contribution in [0.5, 0.6) is 0 Å². The summed E-state index contributed by atoms with van der Waals surface area (Å²) in [4.78, 5) is 12.2. The highest BCUT2D eigenvalue weighted by Crippen LogP contribution is 2.19. The number of carbonyl (C=O) groups is 1. The van der Waals surface area contributed by atoms with Gasteiger partial charge in [-0.05, 0) is 27.2 Å². The van der Waals surface area contributed by atoms with E-state index in [2.05, 4.69) is 0 Å². The Bertz CT molecular complexity index is 246. The maximum absolute atomic E-state index is 12.3. The first-order valence-corrected chi connectivity index (χ1v) is 5.60. The van der Waals surface area contributed by atoms with Gasteiger partial charge in [0.05, 0.1) is 0 Å². The molecule has 0 aliphatic rings. The van der Waals surface area contributed by atoms with Crippen molar-refractivity contribution in [2.75, 3.05) is 13.1 Å². The smallest absolute Gasteiger partial charge is 0.410 e. The lowest BCUT2D eigenvalue weighted by Gasteiger charge is -2.28. The number of rotatable bonds is 4. The number of ether oxygens (including phenoxy) is 1. The number of unbranched alkanes of at least 4 members (excludes halogenated alkanes) is 1. The molecule has 0 aromatic rings. The van der Waals surface area contributed by atoms with Crippen molar-refractivity contribution >= 4 is 6.09 Å². The lowest BCUT2D eigenvalue weighted by atomic mass is 10.2. The van der Waals surface area contributed by atoms with Crippen LogP contribution in [-0.4, -0.2) is 35.9 Å². The summed E-state index contributed by atoms with van der Waals surface area (Å²) in [7, 11) is 0. The van der Waals surface area contributed by atoms with Crippen LogP contribution in [0.25, 0.3) is 0 Å². The fourth-order valence-corrected chi connectivity index (χ4v) is 1.13. The van der Waals surface area contributed by atoms with Gasteiger partial charge in [0.15, 0.2) is 0 Å². The fourth-order valence-electron chi connectivity index (χ4n) is 1.13. The average molecular weight is 255 g/mol. The lowest BCUT2D eigenvalue weighted by molar-refractivity contribution is -0.144. The molecule has 0 bridgehead atoms. The second kappa shape index (κ2) is 6.12. The van der Waals surface area contributed by atoms with Crippen LogP contribution in [0.4, 0.5) is 18.0 Å². The van der Waals surface area contributed by atoms with E-state index >= 15 is 0 Å². The van der Waals surface area contributed by atoms with E-state index in [0.717, 1.165) is 6.42 Å². The Labute approximate surface area is 99.9 Å². The van der Waals surface area contributed by atoms with E-state index in [1.54, 1.807) is 20.8 Å². The van der Waals surface area contributed by atoms with Crippen molar-refractivity contribution in [1.29, 1.82) is 0 Å². The fraction of sp³-hybridized carbons (Fsp3) is 0.909. The van der Waals surface area contributed by atoms with E-state index in [1.807, 2.05) is 6.92 Å². The van der Waals surface area contributed by atoms with E-state index in [9.17, 15) is 18.0 Å². The molecular weight excluding hydrogens is 235 g/mol. The zero-order chi connectivity index (χ0) is 13.7. The third-order valence-electron chi connectivity index (χ3n) is 1.80. The first kappa shape index (κ1) is 16.1. The SMILES string of the molecule is CCCCN(CC(F)(F)F)C(=O)OC(C)(C)C. The Balaban J connectivity index is 4.51. The molecule has 6 heteroatoms. The van der Waals surface area contributed by atoms with Gasteiger partial charge >= 0.3 is 12.3 Å². The van der Waals surface area contributed by atoms with Crippen molar-refractivity contribution in [2.45, 2.75) is 52.3 Å². The summed E-state index contributed by atoms with van der Waals surface area (Å²) in [6.45, 7) is 5.51. The normalized spacial score (nSPS) is 12.4. The van der Waals surface area contributed by atoms with Crippen LogP contribution in [0.3, 0.4) is 0 Å². The molecule has 0 fully saturated rings. The molecule has 3 nitrogen and oxygen atoms in total. The molecule has 0 saturated carbocycles. The largest absolute Gasteiger partial charge is 0.444 e. The average Bonchev–Trinajstić information content (AvgIpc) is 2.07. The van der Waals surface area contributed by atoms with Gasteiger partial charge in [-0.15, -0.1) is 0 Å². The Morgan fingerprint density at radius 2 is 1.76 bits per heavy atom. The van der Waals surface area contributed by atoms with Crippen molar-refractivity contribution in [2.24, 2.45) is 0 Å². The molecule has 0 rings (SSSR count). The van der Waals surface area contributed by atoms with Crippen molar-refractivity contribution in [3.63, 3.8) is 0 Å². The first-order chi connectivity index (χ1) is 7.55. The highest BCUT2D eigenvalue weighted by atomic mass is 19.4. The minimum Gasteiger partial charge on any atom is -0.444 e. The molecule has 0 heterocycles. The van der Waals surface area contributed by atoms with Gasteiger partial charge in [0.1, 0.15) is 12.1 Å². The molecule has 0 atom stereocenters. The van der Waals surface area contributed by atoms with Crippen molar-refractivity contribution in [3.05, 3.63) is 0 Å². The molecule has 0 aliphatic carbocycles. The molecule has 17 heavy (non-hydrogen) atoms. The van der Waals surface area contributed by atoms with Crippen LogP contribution >= 0.6 is 0 Å². The number of alkyl halides is 3. The van der Waals surface area contributed by atoms with Crippen molar-refractivity contribution in [3.8, 4) is 0 Å². The molecule has 102 valence electrons. The number of hydrogen-bond acceptors (Lipinski definition) is 2. The summed E-state index contributed by atoms with van der Waals surface area (Å²) in [5.41, 5.74) is -0.785. The molecule has 0 unspecified atom stereocenters. The van der Waals surface area contributed by atoms with E-state index in [-0.39, 0.29) is 6.54 Å². The van der Waals surface area contributed by atoms with Gasteiger partial charge in [-0.2, -0.15) is 13.2 Å². The van der Waals surface area contributed by atoms with Crippen LogP contribution in [-0.2, 0) is 4.74 Å². The van der Waals surface area contributed by atoms with Gasteiger partial charge in [0.25, 0.3) is 0 Å². The zero-order valence-electron chi connectivity index (χ0n) is 10.7. The van der Waals surface area contributed by atoms with Crippen molar-refractivity contribution < 1.29 is 22.7 Å². The monoisotopic (exact) mass is 255 g/mol. The highest BCUT2D eigenvalue weighted by Gasteiger charge is 2.34. The van der Waals surface area contributed by atoms with Gasteiger partial charge in [0, 0.05) is 6.54 Å². The summed E-state index contributed by atoms with van der Waals surface area (Å²) >= 11 is 0. The summed E-state index contributed by atoms with van der Waals surface area (Å²) in [5.74, 6) is 0. The zero-order valence-corrected chi connectivity index (χ0v) is 10.7. The van der Waals surface area contributed by atoms with Crippen LogP contribution in [0.15, 0.2) is 0 Å². The molecule has 0 radical (unpaired) electrons. The van der Waals surface area contributed by atoms with Crippen LogP contribution in [0, 0.1) is 0 Å². The topological polar surface area (TPSA) is 29.5 Å². The molecule has 0 N–H and O–H groups in total. The van der Waals surface area contributed by atoms with Crippen LogP contribution < -0.4 is 0 Å². The Hall–Kier alpha value is -0.940. The summed E-state index contributed by atoms with van der Waals surface area (Å²) in [6.07, 6.45) is -4.07. The Morgan fingerprint density at radius 1 is 1.24 bits per heavy atom. The third-order valence-corrected chi connectivity index (χ3v) is 1.80. The second-order valence-corrected chi connectivity index (χ2v) is 4.87. The second-order valence-electron chi connectivity index (χ2n) is 4.87. The van der Waals surface area contributed by atoms with Gasteiger partial charge in [-0.3, -0.25) is 4.90 Å². The molecular formula is C11H20F3NO2. The highest BCUT2D eigenvalue weighted by molar-refractivity contribution is 5.68. The number of halogens is 3. The van der Waals surface area contributed by atoms with Gasteiger partial charge in [-0.1, -0.05) is 13.3 Å². The number of hydrogen-bond donors (Lipinski definition) is 0. The predicted octanol–water partition coefficient (Wildman–Crippen LogP) is 3.59. The minimum atomic E-state index is -4.40. The molecule has 0 spiro atoms. The molecule has 0 aromatic carbocycles. The number of nitrogens with zero attached hydrogens (tertiary/aromatic N) is 1. The van der Waals surface area contributed by atoms with E-state index < -0.39 is 24.4 Å². The summed E-state index contributed by atoms with van der Waals surface area (Å²) in [6, 6.07) is 0. The number of amides is 1. The van der Waals surface area contributed by atoms with E-state index in [4.69, 9.17) is 4.74 Å². The molecule has 0 aliphatic heterocycles. The summed E-state index contributed by atoms with van der Waals surface area (Å²) < 4.78 is 41.8. The Kier molecular flexibility index (Phi) is 5.78. The van der Waals surface area contributed by atoms with Gasteiger partial charge in [-0.25, -0.2) is 4.79 Å². The Morgan fingerprint density at radius 3 is 2.12 bits per heavy atom. The number of carbonyl (C=O) groups excluding carboxylic acids is 1. The maximum atomic E-state index is 12.3. The van der Waals surface area contributed by atoms with Crippen molar-refractivity contribution in [1.82, 2.24) is 4.90 Å². The van der Waals surface area contributed by atoms with Crippen LogP contribution in [0.2, 0.25) is 0 Å². The quantitative estimate of drug-likeness (QED) is 0.768. The molecule has 0 aromatic heterocycles.